The summed E-state index contributed by atoms with van der Waals surface area (Å²) in [7, 11) is 0. The van der Waals surface area contributed by atoms with Gasteiger partial charge in [0.15, 0.2) is 17.5 Å². The number of hydrogen-bond donors (Lipinski definition) is 11. The van der Waals surface area contributed by atoms with Crippen LogP contribution in [0.25, 0.3) is 0 Å². The number of guanidine groups is 1. The van der Waals surface area contributed by atoms with Crippen LogP contribution in [0.1, 0.15) is 63.0 Å². The lowest BCUT2D eigenvalue weighted by Gasteiger charge is -2.29. The molecule has 282 valence electrons. The highest BCUT2D eigenvalue weighted by Crippen LogP contribution is 2.30. The minimum atomic E-state index is -1.21. The zero-order valence-electron chi connectivity index (χ0n) is 28.7. The average molecular weight is 719 g/mol. The van der Waals surface area contributed by atoms with Crippen LogP contribution in [0.5, 0.6) is 11.5 Å². The van der Waals surface area contributed by atoms with E-state index in [-0.39, 0.29) is 56.4 Å². The molecule has 0 radical (unpaired) electrons. The topological polar surface area (TPSA) is 317 Å². The summed E-state index contributed by atoms with van der Waals surface area (Å²) in [5, 5.41) is 42.3. The number of fused-ring (bicyclic) bond motifs is 1. The lowest BCUT2D eigenvalue weighted by atomic mass is 9.94. The van der Waals surface area contributed by atoms with E-state index in [0.717, 1.165) is 5.56 Å². The van der Waals surface area contributed by atoms with Crippen molar-refractivity contribution >= 4 is 41.5 Å². The van der Waals surface area contributed by atoms with E-state index in [1.807, 2.05) is 0 Å². The van der Waals surface area contributed by atoms with Gasteiger partial charge in [-0.2, -0.15) is 0 Å². The lowest BCUT2D eigenvalue weighted by Crippen LogP contribution is -2.57. The highest BCUT2D eigenvalue weighted by atomic mass is 16.4. The summed E-state index contributed by atoms with van der Waals surface area (Å²) in [6, 6.07) is -2.22. The number of phenolic OH excluding ortho intramolecular Hbond substituents is 2. The van der Waals surface area contributed by atoms with Crippen LogP contribution in [0.2, 0.25) is 0 Å². The maximum absolute atomic E-state index is 13.8. The van der Waals surface area contributed by atoms with Crippen LogP contribution in [0, 0.1) is 0 Å². The number of rotatable bonds is 18. The van der Waals surface area contributed by atoms with Crippen LogP contribution < -0.4 is 43.8 Å². The zero-order chi connectivity index (χ0) is 37.7. The summed E-state index contributed by atoms with van der Waals surface area (Å²) in [4.78, 5) is 82.6. The third-order valence-corrected chi connectivity index (χ3v) is 8.73. The number of amides is 5. The smallest absolute Gasteiger partial charge is 0.326 e. The predicted molar refractivity (Wildman–Crippen MR) is 184 cm³/mol. The van der Waals surface area contributed by atoms with Gasteiger partial charge in [0, 0.05) is 19.6 Å². The maximum Gasteiger partial charge on any atom is 0.326 e. The summed E-state index contributed by atoms with van der Waals surface area (Å²) in [6.07, 6.45) is 2.65. The van der Waals surface area contributed by atoms with Crippen molar-refractivity contribution in [2.75, 3.05) is 26.2 Å². The average Bonchev–Trinajstić information content (AvgIpc) is 3.58. The molecule has 5 amide bonds. The van der Waals surface area contributed by atoms with Crippen molar-refractivity contribution in [2.24, 2.45) is 22.2 Å². The highest BCUT2D eigenvalue weighted by molar-refractivity contribution is 5.96. The minimum Gasteiger partial charge on any atom is -0.504 e. The molecule has 19 nitrogen and oxygen atoms in total. The first-order chi connectivity index (χ1) is 24.2. The normalized spacial score (nSPS) is 18.4. The van der Waals surface area contributed by atoms with Gasteiger partial charge in [0.25, 0.3) is 0 Å². The Morgan fingerprint density at radius 2 is 1.65 bits per heavy atom. The van der Waals surface area contributed by atoms with Gasteiger partial charge in [-0.3, -0.25) is 29.0 Å². The van der Waals surface area contributed by atoms with Crippen LogP contribution in [0.3, 0.4) is 0 Å². The Morgan fingerprint density at radius 1 is 0.961 bits per heavy atom. The SMILES string of the molecule is C[C@H](NC(=O)[C@@H]1CCCN1C(=O)[C@H](CCCN=C(N)N)NC(=O)CNC(=O)[C@H]1Cc2cc(O)c(O)cc2CN1)C(=O)N[C@@H](CCCCN)C(=O)O. The molecular weight excluding hydrogens is 668 g/mol. The number of carbonyl (C=O) groups is 6. The molecule has 2 aliphatic rings. The van der Waals surface area contributed by atoms with Crippen molar-refractivity contribution in [1.29, 1.82) is 0 Å². The number of aliphatic imine (C=N–C) groups is 1. The van der Waals surface area contributed by atoms with E-state index >= 15 is 0 Å². The van der Waals surface area contributed by atoms with E-state index in [1.165, 1.54) is 24.0 Å². The maximum atomic E-state index is 13.8. The Balaban J connectivity index is 1.61. The lowest BCUT2D eigenvalue weighted by molar-refractivity contribution is -0.143. The minimum absolute atomic E-state index is 0.108. The third kappa shape index (κ3) is 12.0. The molecule has 1 aromatic rings. The number of aromatic hydroxyl groups is 2. The molecule has 0 spiro atoms. The molecule has 51 heavy (non-hydrogen) atoms. The van der Waals surface area contributed by atoms with Crippen LogP contribution in [-0.2, 0) is 41.7 Å². The third-order valence-electron chi connectivity index (χ3n) is 8.73. The molecule has 0 aliphatic carbocycles. The van der Waals surface area contributed by atoms with Gasteiger partial charge in [-0.1, -0.05) is 0 Å². The zero-order valence-corrected chi connectivity index (χ0v) is 28.7. The number of carbonyl (C=O) groups excluding carboxylic acids is 5. The molecule has 3 rings (SSSR count). The van der Waals surface area contributed by atoms with Gasteiger partial charge >= 0.3 is 5.97 Å². The number of likely N-dealkylation sites (tertiary alicyclic amines) is 1. The first-order valence-electron chi connectivity index (χ1n) is 16.9. The summed E-state index contributed by atoms with van der Waals surface area (Å²) < 4.78 is 0. The first-order valence-corrected chi connectivity index (χ1v) is 16.9. The van der Waals surface area contributed by atoms with E-state index in [0.29, 0.717) is 44.2 Å². The number of nitrogens with zero attached hydrogens (tertiary/aromatic N) is 2. The predicted octanol–water partition coefficient (Wildman–Crippen LogP) is -3.04. The number of hydrogen-bond acceptors (Lipinski definition) is 11. The molecular formula is C32H50N10O9. The monoisotopic (exact) mass is 718 g/mol. The number of aliphatic carboxylic acids is 1. The van der Waals surface area contributed by atoms with E-state index in [1.54, 1.807) is 0 Å². The largest absolute Gasteiger partial charge is 0.504 e. The van der Waals surface area contributed by atoms with Crippen LogP contribution >= 0.6 is 0 Å². The van der Waals surface area contributed by atoms with Gasteiger partial charge in [0.1, 0.15) is 24.2 Å². The van der Waals surface area contributed by atoms with E-state index in [9.17, 15) is 44.1 Å². The Kier molecular flexibility index (Phi) is 15.2. The van der Waals surface area contributed by atoms with E-state index in [4.69, 9.17) is 17.2 Å². The quantitative estimate of drug-likeness (QED) is 0.0312. The fourth-order valence-corrected chi connectivity index (χ4v) is 5.95. The number of benzene rings is 1. The number of nitrogens with two attached hydrogens (primary N) is 3. The van der Waals surface area contributed by atoms with Crippen molar-refractivity contribution in [1.82, 2.24) is 31.5 Å². The van der Waals surface area contributed by atoms with Gasteiger partial charge in [-0.05, 0) is 88.1 Å². The van der Waals surface area contributed by atoms with Gasteiger partial charge in [0.2, 0.25) is 29.5 Å². The van der Waals surface area contributed by atoms with Gasteiger partial charge in [0.05, 0.1) is 12.6 Å². The molecule has 5 atom stereocenters. The summed E-state index contributed by atoms with van der Waals surface area (Å²) in [6.45, 7) is 1.97. The Hall–Kier alpha value is -5.17. The molecule has 0 aromatic heterocycles. The first kappa shape index (κ1) is 40.3. The number of carboxylic acids is 1. The molecule has 19 heteroatoms. The molecule has 0 unspecified atom stereocenters. The van der Waals surface area contributed by atoms with Crippen molar-refractivity contribution in [3.8, 4) is 11.5 Å². The van der Waals surface area contributed by atoms with Crippen molar-refractivity contribution in [3.63, 3.8) is 0 Å². The van der Waals surface area contributed by atoms with Crippen molar-refractivity contribution in [2.45, 2.75) is 95.0 Å². The summed E-state index contributed by atoms with van der Waals surface area (Å²) in [5.74, 6) is -4.93. The number of phenols is 2. The van der Waals surface area contributed by atoms with Crippen LogP contribution in [-0.4, -0.2) is 118 Å². The highest BCUT2D eigenvalue weighted by Gasteiger charge is 2.38. The fraction of sp³-hybridized carbons (Fsp3) is 0.594. The molecule has 1 aromatic carbocycles. The standard InChI is InChI=1S/C32H50N10O9/c1-17(27(46)41-21(31(50)51)6-2-3-9-33)39-29(48)23-8-5-11-42(23)30(49)20(7-4-10-36-32(34)35)40-26(45)16-38-28(47)22-12-18-13-24(43)25(44)14-19(18)15-37-22/h13-14,17,20-23,37,43-44H,2-12,15-16,33H2,1H3,(H,38,47)(H,39,48)(H,40,45)(H,41,46)(H,50,51)(H4,34,35,36)/t17-,20-,21-,22+,23-/m0/s1. The van der Waals surface area contributed by atoms with Gasteiger partial charge in [-0.15, -0.1) is 0 Å². The number of carboxylic acid groups (broad SMARTS) is 1. The number of nitrogens with one attached hydrogen (secondary N) is 5. The molecule has 14 N–H and O–H groups in total. The second kappa shape index (κ2) is 19.3. The Morgan fingerprint density at radius 3 is 2.31 bits per heavy atom. The molecule has 2 heterocycles. The van der Waals surface area contributed by atoms with Crippen LogP contribution in [0.15, 0.2) is 17.1 Å². The summed E-state index contributed by atoms with van der Waals surface area (Å²) in [5.41, 5.74) is 17.7. The summed E-state index contributed by atoms with van der Waals surface area (Å²) >= 11 is 0. The Labute approximate surface area is 295 Å². The van der Waals surface area contributed by atoms with Crippen LogP contribution in [0.4, 0.5) is 0 Å². The van der Waals surface area contributed by atoms with E-state index in [2.05, 4.69) is 31.6 Å². The molecule has 1 saturated heterocycles. The van der Waals surface area contributed by atoms with Crippen molar-refractivity contribution < 1.29 is 44.1 Å². The van der Waals surface area contributed by atoms with Crippen molar-refractivity contribution in [3.05, 3.63) is 23.3 Å². The number of unbranched alkanes of at least 4 members (excludes halogenated alkanes) is 1. The molecule has 1 fully saturated rings. The fourth-order valence-electron chi connectivity index (χ4n) is 5.95. The van der Waals surface area contributed by atoms with E-state index < -0.39 is 72.3 Å². The van der Waals surface area contributed by atoms with Gasteiger partial charge in [-0.25, -0.2) is 4.79 Å². The van der Waals surface area contributed by atoms with Gasteiger partial charge < -0.3 is 64.0 Å². The second-order valence-electron chi connectivity index (χ2n) is 12.6. The molecule has 2 aliphatic heterocycles. The molecule has 0 saturated carbocycles. The molecule has 0 bridgehead atoms. The second-order valence-corrected chi connectivity index (χ2v) is 12.6. The Bertz CT molecular complexity index is 1470.